The molecule has 0 atom stereocenters. The number of rotatable bonds is 4. The van der Waals surface area contributed by atoms with E-state index in [-0.39, 0.29) is 12.5 Å². The maximum Gasteiger partial charge on any atom is 0.262 e. The van der Waals surface area contributed by atoms with Gasteiger partial charge in [-0.15, -0.1) is 0 Å². The number of anilines is 2. The first kappa shape index (κ1) is 15.3. The molecule has 2 aromatic carbocycles. The molecule has 0 unspecified atom stereocenters. The van der Waals surface area contributed by atoms with Gasteiger partial charge in [-0.05, 0) is 52.7 Å². The number of nitrogens with two attached hydrogens (primary N) is 1. The Bertz CT molecular complexity index is 677. The van der Waals surface area contributed by atoms with Crippen LogP contribution in [0.2, 0.25) is 0 Å². The van der Waals surface area contributed by atoms with Crippen molar-refractivity contribution in [3.8, 4) is 5.75 Å². The zero-order valence-corrected chi connectivity index (χ0v) is 12.9. The fraction of sp³-hybridized carbons (Fsp3) is 0.133. The lowest BCUT2D eigenvalue weighted by atomic mass is 10.2. The van der Waals surface area contributed by atoms with Crippen molar-refractivity contribution >= 4 is 33.2 Å². The number of amides is 1. The minimum absolute atomic E-state index is 0.207. The van der Waals surface area contributed by atoms with Crippen LogP contribution in [0.15, 0.2) is 40.9 Å². The standard InChI is InChI=1S/C15H14BrFN2O2/c1-9-2-3-10(17)6-14(9)21-8-15(20)19-13-5-4-11(18)7-12(13)16/h2-7H,8,18H2,1H3,(H,19,20). The predicted molar refractivity (Wildman–Crippen MR) is 83.8 cm³/mol. The molecule has 2 rings (SSSR count). The van der Waals surface area contributed by atoms with E-state index in [2.05, 4.69) is 21.2 Å². The first-order valence-corrected chi connectivity index (χ1v) is 6.99. The third-order valence-corrected chi connectivity index (χ3v) is 3.43. The fourth-order valence-corrected chi connectivity index (χ4v) is 2.19. The van der Waals surface area contributed by atoms with E-state index >= 15 is 0 Å². The van der Waals surface area contributed by atoms with Gasteiger partial charge in [-0.1, -0.05) is 6.07 Å². The van der Waals surface area contributed by atoms with Crippen molar-refractivity contribution in [2.75, 3.05) is 17.7 Å². The van der Waals surface area contributed by atoms with E-state index < -0.39 is 5.82 Å². The number of aryl methyl sites for hydroxylation is 1. The Balaban J connectivity index is 1.97. The maximum absolute atomic E-state index is 13.1. The number of hydrogen-bond acceptors (Lipinski definition) is 3. The Morgan fingerprint density at radius 2 is 2.10 bits per heavy atom. The topological polar surface area (TPSA) is 64.3 Å². The zero-order valence-electron chi connectivity index (χ0n) is 11.3. The molecular formula is C15H14BrFN2O2. The molecule has 0 saturated heterocycles. The number of ether oxygens (including phenoxy) is 1. The summed E-state index contributed by atoms with van der Waals surface area (Å²) < 4.78 is 19.1. The van der Waals surface area contributed by atoms with E-state index in [1.54, 1.807) is 31.2 Å². The van der Waals surface area contributed by atoms with Gasteiger partial charge in [-0.2, -0.15) is 0 Å². The second-order valence-electron chi connectivity index (χ2n) is 4.49. The highest BCUT2D eigenvalue weighted by Gasteiger charge is 2.08. The second kappa shape index (κ2) is 6.58. The molecule has 0 aliphatic rings. The predicted octanol–water partition coefficient (Wildman–Crippen LogP) is 3.50. The normalized spacial score (nSPS) is 10.2. The maximum atomic E-state index is 13.1. The summed E-state index contributed by atoms with van der Waals surface area (Å²) in [5, 5.41) is 2.68. The minimum Gasteiger partial charge on any atom is -0.483 e. The van der Waals surface area contributed by atoms with Crippen molar-refractivity contribution in [1.29, 1.82) is 0 Å². The van der Waals surface area contributed by atoms with Gasteiger partial charge in [0.15, 0.2) is 6.61 Å². The number of carbonyl (C=O) groups is 1. The van der Waals surface area contributed by atoms with Crippen LogP contribution in [0.1, 0.15) is 5.56 Å². The molecule has 3 N–H and O–H groups in total. The monoisotopic (exact) mass is 352 g/mol. The van der Waals surface area contributed by atoms with Crippen molar-refractivity contribution in [1.82, 2.24) is 0 Å². The molecule has 0 aliphatic heterocycles. The van der Waals surface area contributed by atoms with Crippen LogP contribution >= 0.6 is 15.9 Å². The Hall–Kier alpha value is -2.08. The molecule has 0 heterocycles. The third kappa shape index (κ3) is 4.19. The number of nitrogens with one attached hydrogen (secondary N) is 1. The van der Waals surface area contributed by atoms with Crippen LogP contribution in [0, 0.1) is 12.7 Å². The highest BCUT2D eigenvalue weighted by atomic mass is 79.9. The minimum atomic E-state index is -0.405. The molecule has 6 heteroatoms. The van der Waals surface area contributed by atoms with Gasteiger partial charge in [-0.3, -0.25) is 4.79 Å². The van der Waals surface area contributed by atoms with Crippen molar-refractivity contribution in [2.24, 2.45) is 0 Å². The first-order valence-electron chi connectivity index (χ1n) is 6.19. The second-order valence-corrected chi connectivity index (χ2v) is 5.34. The van der Waals surface area contributed by atoms with Crippen LogP contribution in [0.5, 0.6) is 5.75 Å². The van der Waals surface area contributed by atoms with Crippen LogP contribution in [0.4, 0.5) is 15.8 Å². The average Bonchev–Trinajstić information content (AvgIpc) is 2.43. The quantitative estimate of drug-likeness (QED) is 0.827. The molecule has 0 aromatic heterocycles. The summed E-state index contributed by atoms with van der Waals surface area (Å²) in [5.74, 6) is -0.400. The van der Waals surface area contributed by atoms with E-state index in [4.69, 9.17) is 10.5 Å². The summed E-state index contributed by atoms with van der Waals surface area (Å²) in [5.41, 5.74) is 7.56. The summed E-state index contributed by atoms with van der Waals surface area (Å²) >= 11 is 3.31. The van der Waals surface area contributed by atoms with Gasteiger partial charge in [0.25, 0.3) is 5.91 Å². The Morgan fingerprint density at radius 3 is 2.81 bits per heavy atom. The van der Waals surface area contributed by atoms with Crippen LogP contribution < -0.4 is 15.8 Å². The van der Waals surface area contributed by atoms with E-state index in [0.717, 1.165) is 5.56 Å². The smallest absolute Gasteiger partial charge is 0.262 e. The SMILES string of the molecule is Cc1ccc(F)cc1OCC(=O)Nc1ccc(N)cc1Br. The largest absolute Gasteiger partial charge is 0.483 e. The molecule has 110 valence electrons. The molecule has 1 amide bonds. The van der Waals surface area contributed by atoms with Crippen molar-refractivity contribution in [3.63, 3.8) is 0 Å². The number of carbonyl (C=O) groups excluding carboxylic acids is 1. The lowest BCUT2D eigenvalue weighted by molar-refractivity contribution is -0.118. The summed E-state index contributed by atoms with van der Waals surface area (Å²) in [7, 11) is 0. The molecule has 0 spiro atoms. The van der Waals surface area contributed by atoms with E-state index in [1.807, 2.05) is 0 Å². The lowest BCUT2D eigenvalue weighted by Crippen LogP contribution is -2.20. The summed E-state index contributed by atoms with van der Waals surface area (Å²) in [4.78, 5) is 11.8. The van der Waals surface area contributed by atoms with Gasteiger partial charge >= 0.3 is 0 Å². The highest BCUT2D eigenvalue weighted by molar-refractivity contribution is 9.10. The van der Waals surface area contributed by atoms with E-state index in [9.17, 15) is 9.18 Å². The van der Waals surface area contributed by atoms with E-state index in [1.165, 1.54) is 12.1 Å². The van der Waals surface area contributed by atoms with Crippen LogP contribution in [-0.4, -0.2) is 12.5 Å². The summed E-state index contributed by atoms with van der Waals surface area (Å²) in [6.45, 7) is 1.57. The molecule has 2 aromatic rings. The zero-order chi connectivity index (χ0) is 15.4. The average molecular weight is 353 g/mol. The summed E-state index contributed by atoms with van der Waals surface area (Å²) in [6.07, 6.45) is 0. The number of halogens is 2. The molecule has 0 aliphatic carbocycles. The van der Waals surface area contributed by atoms with E-state index in [0.29, 0.717) is 21.6 Å². The number of benzene rings is 2. The Morgan fingerprint density at radius 1 is 1.33 bits per heavy atom. The van der Waals surface area contributed by atoms with Gasteiger partial charge in [0.1, 0.15) is 11.6 Å². The van der Waals surface area contributed by atoms with Crippen molar-refractivity contribution in [2.45, 2.75) is 6.92 Å². The van der Waals surface area contributed by atoms with Gasteiger partial charge in [0.2, 0.25) is 0 Å². The highest BCUT2D eigenvalue weighted by Crippen LogP contribution is 2.24. The molecular weight excluding hydrogens is 339 g/mol. The Labute approximate surface area is 130 Å². The molecule has 21 heavy (non-hydrogen) atoms. The van der Waals surface area contributed by atoms with Crippen LogP contribution in [-0.2, 0) is 4.79 Å². The molecule has 4 nitrogen and oxygen atoms in total. The number of nitrogen functional groups attached to an aromatic ring is 1. The third-order valence-electron chi connectivity index (χ3n) is 2.78. The molecule has 0 radical (unpaired) electrons. The molecule has 0 bridgehead atoms. The van der Waals surface area contributed by atoms with Crippen LogP contribution in [0.3, 0.4) is 0 Å². The summed E-state index contributed by atoms with van der Waals surface area (Å²) in [6, 6.07) is 9.24. The first-order chi connectivity index (χ1) is 9.95. The van der Waals surface area contributed by atoms with Gasteiger partial charge < -0.3 is 15.8 Å². The van der Waals surface area contributed by atoms with Gasteiger partial charge in [0, 0.05) is 16.2 Å². The van der Waals surface area contributed by atoms with Crippen molar-refractivity contribution < 1.29 is 13.9 Å². The van der Waals surface area contributed by atoms with Gasteiger partial charge in [0.05, 0.1) is 5.69 Å². The van der Waals surface area contributed by atoms with Crippen LogP contribution in [0.25, 0.3) is 0 Å². The number of hydrogen-bond donors (Lipinski definition) is 2. The Kier molecular flexibility index (Phi) is 4.80. The van der Waals surface area contributed by atoms with Gasteiger partial charge in [-0.25, -0.2) is 4.39 Å². The molecule has 0 fully saturated rings. The van der Waals surface area contributed by atoms with Crippen molar-refractivity contribution in [3.05, 3.63) is 52.3 Å². The molecule has 0 saturated carbocycles. The lowest BCUT2D eigenvalue weighted by Gasteiger charge is -2.11. The fourth-order valence-electron chi connectivity index (χ4n) is 1.69.